The Morgan fingerprint density at radius 3 is 3.06 bits per heavy atom. The number of fused-ring (bicyclic) bond motifs is 3. The summed E-state index contributed by atoms with van der Waals surface area (Å²) in [5, 5.41) is 13.2. The summed E-state index contributed by atoms with van der Waals surface area (Å²) < 4.78 is 29.9. The van der Waals surface area contributed by atoms with Crippen molar-refractivity contribution >= 4 is 21.6 Å². The van der Waals surface area contributed by atoms with Crippen LogP contribution in [0.3, 0.4) is 0 Å². The second kappa shape index (κ2) is 8.17. The molecule has 0 spiro atoms. The SMILES string of the molecule is COC[C@H]1CCc2cc3c(c(NC(=O)N=S(N)(=O)c4cnn5c4OCC(C)C5)c21)CCC3. The number of carbonyl (C=O) groups excluding carboxylic acids is 1. The zero-order valence-corrected chi connectivity index (χ0v) is 19.2. The Balaban J connectivity index is 1.49. The van der Waals surface area contributed by atoms with E-state index in [1.54, 1.807) is 11.8 Å². The van der Waals surface area contributed by atoms with Gasteiger partial charge < -0.3 is 14.8 Å². The second-order valence-electron chi connectivity index (χ2n) is 9.01. The van der Waals surface area contributed by atoms with Crippen LogP contribution in [0.5, 0.6) is 5.88 Å². The highest BCUT2D eigenvalue weighted by Crippen LogP contribution is 2.44. The first-order valence-electron chi connectivity index (χ1n) is 11.1. The van der Waals surface area contributed by atoms with Crippen molar-refractivity contribution in [1.29, 1.82) is 0 Å². The van der Waals surface area contributed by atoms with Gasteiger partial charge in [-0.1, -0.05) is 13.0 Å². The van der Waals surface area contributed by atoms with E-state index in [-0.39, 0.29) is 16.7 Å². The average Bonchev–Trinajstić information content (AvgIpc) is 3.46. The summed E-state index contributed by atoms with van der Waals surface area (Å²) in [4.78, 5) is 13.1. The number of benzene rings is 1. The summed E-state index contributed by atoms with van der Waals surface area (Å²) in [5.74, 6) is 0.831. The summed E-state index contributed by atoms with van der Waals surface area (Å²) in [6.07, 6.45) is 6.29. The number of urea groups is 1. The molecule has 10 heteroatoms. The van der Waals surface area contributed by atoms with Gasteiger partial charge in [0.15, 0.2) is 9.92 Å². The zero-order valence-electron chi connectivity index (χ0n) is 18.4. The van der Waals surface area contributed by atoms with Crippen LogP contribution in [0.25, 0.3) is 0 Å². The van der Waals surface area contributed by atoms with Gasteiger partial charge in [0.1, 0.15) is 4.90 Å². The Kier molecular flexibility index (Phi) is 5.47. The van der Waals surface area contributed by atoms with E-state index in [0.717, 1.165) is 48.9 Å². The van der Waals surface area contributed by atoms with E-state index in [1.807, 2.05) is 6.92 Å². The number of anilines is 1. The minimum Gasteiger partial charge on any atom is -0.477 e. The summed E-state index contributed by atoms with van der Waals surface area (Å²) >= 11 is 0. The zero-order chi connectivity index (χ0) is 22.5. The highest BCUT2D eigenvalue weighted by molar-refractivity contribution is 7.91. The highest BCUT2D eigenvalue weighted by Gasteiger charge is 2.32. The molecule has 172 valence electrons. The first-order chi connectivity index (χ1) is 15.4. The summed E-state index contributed by atoms with van der Waals surface area (Å²) in [6.45, 7) is 3.75. The molecule has 0 saturated heterocycles. The normalized spacial score (nSPS) is 23.0. The van der Waals surface area contributed by atoms with Crippen molar-refractivity contribution in [2.45, 2.75) is 56.4 Å². The Morgan fingerprint density at radius 2 is 2.25 bits per heavy atom. The monoisotopic (exact) mass is 459 g/mol. The molecule has 2 aromatic rings. The second-order valence-corrected chi connectivity index (χ2v) is 10.8. The molecular weight excluding hydrogens is 430 g/mol. The standard InChI is InChI=1S/C22H29N5O4S/c1-13-10-27-21(31-11-13)18(9-24-27)32(23,29)26-22(28)25-20-17-5-3-4-14(17)8-15-6-7-16(12-30-2)19(15)20/h8-9,13,16H,3-7,10-12H2,1-2H3,(H3,23,25,26,28,29)/t13?,16-,32?/m1/s1. The molecule has 32 heavy (non-hydrogen) atoms. The fourth-order valence-corrected chi connectivity index (χ4v) is 6.19. The van der Waals surface area contributed by atoms with Gasteiger partial charge in [-0.2, -0.15) is 5.10 Å². The third-order valence-corrected chi connectivity index (χ3v) is 7.93. The molecule has 2 aliphatic carbocycles. The van der Waals surface area contributed by atoms with E-state index in [9.17, 15) is 9.00 Å². The number of carbonyl (C=O) groups is 1. The quantitative estimate of drug-likeness (QED) is 0.728. The lowest BCUT2D eigenvalue weighted by atomic mass is 9.94. The number of ether oxygens (including phenoxy) is 2. The molecule has 2 heterocycles. The number of nitrogens with one attached hydrogen (secondary N) is 1. The lowest BCUT2D eigenvalue weighted by molar-refractivity contribution is 0.171. The lowest BCUT2D eigenvalue weighted by Gasteiger charge is -2.21. The highest BCUT2D eigenvalue weighted by atomic mass is 32.2. The first kappa shape index (κ1) is 21.4. The molecule has 5 rings (SSSR count). The van der Waals surface area contributed by atoms with Crippen molar-refractivity contribution < 1.29 is 18.5 Å². The van der Waals surface area contributed by atoms with Gasteiger partial charge in [-0.25, -0.2) is 18.8 Å². The molecule has 0 bridgehead atoms. The van der Waals surface area contributed by atoms with Crippen LogP contribution in [-0.4, -0.2) is 40.3 Å². The van der Waals surface area contributed by atoms with Gasteiger partial charge in [-0.3, -0.25) is 0 Å². The van der Waals surface area contributed by atoms with E-state index in [1.165, 1.54) is 17.3 Å². The van der Waals surface area contributed by atoms with Crippen LogP contribution in [-0.2, 0) is 40.5 Å². The maximum Gasteiger partial charge on any atom is 0.354 e. The number of hydrogen-bond donors (Lipinski definition) is 2. The van der Waals surface area contributed by atoms with Crippen LogP contribution >= 0.6 is 0 Å². The first-order valence-corrected chi connectivity index (χ1v) is 12.7. The van der Waals surface area contributed by atoms with Gasteiger partial charge in [-0.05, 0) is 54.4 Å². The number of rotatable bonds is 4. The molecule has 1 aromatic carbocycles. The number of amides is 2. The van der Waals surface area contributed by atoms with Crippen LogP contribution in [0, 0.1) is 5.92 Å². The van der Waals surface area contributed by atoms with Crippen LogP contribution in [0.4, 0.5) is 10.5 Å². The number of nitrogens with zero attached hydrogens (tertiary/aromatic N) is 3. The minimum absolute atomic E-state index is 0.153. The Labute approximate surface area is 188 Å². The van der Waals surface area contributed by atoms with Crippen molar-refractivity contribution in [2.24, 2.45) is 15.4 Å². The summed E-state index contributed by atoms with van der Waals surface area (Å²) in [7, 11) is -1.82. The van der Waals surface area contributed by atoms with Gasteiger partial charge in [0.05, 0.1) is 26.0 Å². The lowest BCUT2D eigenvalue weighted by Crippen LogP contribution is -2.25. The Hall–Kier alpha value is -2.43. The number of hydrogen-bond acceptors (Lipinski definition) is 5. The van der Waals surface area contributed by atoms with Gasteiger partial charge in [-0.15, -0.1) is 4.36 Å². The summed E-state index contributed by atoms with van der Waals surface area (Å²) in [6, 6.07) is 1.57. The summed E-state index contributed by atoms with van der Waals surface area (Å²) in [5.41, 5.74) is 5.61. The van der Waals surface area contributed by atoms with Gasteiger partial charge in [0, 0.05) is 24.6 Å². The van der Waals surface area contributed by atoms with Crippen molar-refractivity contribution in [2.75, 3.05) is 25.6 Å². The van der Waals surface area contributed by atoms with E-state index in [4.69, 9.17) is 14.6 Å². The molecule has 3 N–H and O–H groups in total. The molecule has 0 saturated carbocycles. The van der Waals surface area contributed by atoms with Gasteiger partial charge >= 0.3 is 6.03 Å². The molecule has 2 unspecified atom stereocenters. The van der Waals surface area contributed by atoms with Crippen LogP contribution in [0.1, 0.15) is 47.9 Å². The molecule has 2 amide bonds. The Morgan fingerprint density at radius 1 is 1.41 bits per heavy atom. The molecule has 0 radical (unpaired) electrons. The fourth-order valence-electron chi connectivity index (χ4n) is 5.19. The van der Waals surface area contributed by atoms with E-state index in [2.05, 4.69) is 20.8 Å². The number of methoxy groups -OCH3 is 1. The number of aromatic nitrogens is 2. The molecule has 3 aliphatic rings. The maximum absolute atomic E-state index is 13.2. The van der Waals surface area contributed by atoms with Gasteiger partial charge in [0.2, 0.25) is 5.88 Å². The average molecular weight is 460 g/mol. The van der Waals surface area contributed by atoms with Crippen LogP contribution in [0.2, 0.25) is 0 Å². The van der Waals surface area contributed by atoms with Crippen LogP contribution in [0.15, 0.2) is 21.5 Å². The number of nitrogens with two attached hydrogens (primary N) is 1. The van der Waals surface area contributed by atoms with E-state index >= 15 is 0 Å². The third-order valence-electron chi connectivity index (χ3n) is 6.58. The minimum atomic E-state index is -3.52. The molecule has 0 fully saturated rings. The molecule has 3 atom stereocenters. The predicted molar refractivity (Wildman–Crippen MR) is 120 cm³/mol. The smallest absolute Gasteiger partial charge is 0.354 e. The van der Waals surface area contributed by atoms with E-state index in [0.29, 0.717) is 25.6 Å². The van der Waals surface area contributed by atoms with Crippen molar-refractivity contribution in [3.05, 3.63) is 34.5 Å². The maximum atomic E-state index is 13.2. The molecule has 1 aromatic heterocycles. The van der Waals surface area contributed by atoms with Crippen molar-refractivity contribution in [3.63, 3.8) is 0 Å². The largest absolute Gasteiger partial charge is 0.477 e. The molecule has 1 aliphatic heterocycles. The third kappa shape index (κ3) is 3.70. The topological polar surface area (TPSA) is 121 Å². The van der Waals surface area contributed by atoms with Crippen molar-refractivity contribution in [3.8, 4) is 5.88 Å². The van der Waals surface area contributed by atoms with Gasteiger partial charge in [0.25, 0.3) is 0 Å². The van der Waals surface area contributed by atoms with E-state index < -0.39 is 15.9 Å². The fraction of sp³-hybridized carbons (Fsp3) is 0.545. The molecule has 9 nitrogen and oxygen atoms in total. The van der Waals surface area contributed by atoms with Crippen LogP contribution < -0.4 is 15.2 Å². The Bertz CT molecular complexity index is 1200. The number of aryl methyl sites for hydroxylation is 2. The predicted octanol–water partition coefficient (Wildman–Crippen LogP) is 3.01. The molecular formula is C22H29N5O4S. The van der Waals surface area contributed by atoms with Crippen molar-refractivity contribution in [1.82, 2.24) is 9.78 Å².